The molecular formula is C20H29N4O2P. The average Bonchev–Trinajstić information content (AvgIpc) is 2.60. The highest BCUT2D eigenvalue weighted by Crippen LogP contribution is 2.63. The SMILES string of the molecule is Cc1cc(C)nc(NCC(c2ccc(O)c(C)c2)P2(=O)CCCCN2C)n1. The van der Waals surface area contributed by atoms with Crippen LogP contribution >= 0.6 is 7.29 Å². The van der Waals surface area contributed by atoms with Crippen molar-refractivity contribution in [2.45, 2.75) is 39.3 Å². The largest absolute Gasteiger partial charge is 0.508 e. The topological polar surface area (TPSA) is 78.4 Å². The monoisotopic (exact) mass is 388 g/mol. The fourth-order valence-corrected chi connectivity index (χ4v) is 7.07. The number of anilines is 1. The number of aromatic hydroxyl groups is 1. The van der Waals surface area contributed by atoms with Crippen LogP contribution in [0.4, 0.5) is 5.95 Å². The lowest BCUT2D eigenvalue weighted by atomic mass is 10.1. The Morgan fingerprint density at radius 1 is 1.19 bits per heavy atom. The molecule has 0 bridgehead atoms. The highest BCUT2D eigenvalue weighted by Gasteiger charge is 2.39. The maximum atomic E-state index is 14.0. The van der Waals surface area contributed by atoms with Gasteiger partial charge in [0.05, 0.1) is 5.66 Å². The fourth-order valence-electron chi connectivity index (χ4n) is 3.79. The molecule has 2 aromatic rings. The van der Waals surface area contributed by atoms with Crippen LogP contribution in [-0.2, 0) is 4.57 Å². The second-order valence-corrected chi connectivity index (χ2v) is 10.7. The lowest BCUT2D eigenvalue weighted by Gasteiger charge is -2.38. The van der Waals surface area contributed by atoms with E-state index in [0.717, 1.165) is 41.9 Å². The van der Waals surface area contributed by atoms with Gasteiger partial charge in [-0.15, -0.1) is 0 Å². The van der Waals surface area contributed by atoms with Gasteiger partial charge in [0.25, 0.3) is 0 Å². The molecule has 1 aliphatic heterocycles. The summed E-state index contributed by atoms with van der Waals surface area (Å²) in [7, 11) is -0.633. The van der Waals surface area contributed by atoms with Gasteiger partial charge >= 0.3 is 0 Å². The first-order chi connectivity index (χ1) is 12.8. The first-order valence-electron chi connectivity index (χ1n) is 9.45. The molecule has 0 saturated carbocycles. The van der Waals surface area contributed by atoms with Gasteiger partial charge in [0.1, 0.15) is 5.75 Å². The van der Waals surface area contributed by atoms with Crippen molar-refractivity contribution in [3.05, 3.63) is 46.8 Å². The zero-order valence-electron chi connectivity index (χ0n) is 16.6. The third-order valence-electron chi connectivity index (χ3n) is 5.32. The number of hydrogen-bond acceptors (Lipinski definition) is 5. The summed E-state index contributed by atoms with van der Waals surface area (Å²) in [6, 6.07) is 7.47. The summed E-state index contributed by atoms with van der Waals surface area (Å²) in [5.41, 5.74) is 3.42. The lowest BCUT2D eigenvalue weighted by molar-refractivity contribution is 0.423. The summed E-state index contributed by atoms with van der Waals surface area (Å²) in [6.45, 7) is 7.10. The summed E-state index contributed by atoms with van der Waals surface area (Å²) in [4.78, 5) is 8.91. The number of hydrogen-bond donors (Lipinski definition) is 2. The zero-order valence-corrected chi connectivity index (χ0v) is 17.5. The smallest absolute Gasteiger partial charge is 0.223 e. The number of benzene rings is 1. The summed E-state index contributed by atoms with van der Waals surface area (Å²) < 4.78 is 16.0. The first-order valence-corrected chi connectivity index (χ1v) is 11.4. The van der Waals surface area contributed by atoms with Crippen LogP contribution in [0.1, 0.15) is 41.0 Å². The molecule has 1 aromatic heterocycles. The molecule has 2 atom stereocenters. The van der Waals surface area contributed by atoms with E-state index in [1.807, 2.05) is 50.7 Å². The Labute approximate surface area is 161 Å². The normalized spacial score (nSPS) is 21.8. The predicted molar refractivity (Wildman–Crippen MR) is 110 cm³/mol. The highest BCUT2D eigenvalue weighted by atomic mass is 31.2. The molecule has 0 radical (unpaired) electrons. The Hall–Kier alpha value is -1.91. The number of rotatable bonds is 5. The van der Waals surface area contributed by atoms with Crippen molar-refractivity contribution in [2.75, 3.05) is 31.6 Å². The van der Waals surface area contributed by atoms with Crippen LogP contribution in [0.25, 0.3) is 0 Å². The summed E-state index contributed by atoms with van der Waals surface area (Å²) in [6.07, 6.45) is 2.77. The van der Waals surface area contributed by atoms with Gasteiger partial charge in [0.15, 0.2) is 7.29 Å². The summed E-state index contributed by atoms with van der Waals surface area (Å²) in [5, 5.41) is 13.2. The Morgan fingerprint density at radius 3 is 2.52 bits per heavy atom. The molecule has 1 aliphatic rings. The minimum absolute atomic E-state index is 0.175. The Kier molecular flexibility index (Phi) is 5.87. The molecule has 7 heteroatoms. The molecule has 2 N–H and O–H groups in total. The third kappa shape index (κ3) is 4.33. The highest BCUT2D eigenvalue weighted by molar-refractivity contribution is 7.62. The second kappa shape index (κ2) is 7.99. The molecule has 0 amide bonds. The maximum Gasteiger partial charge on any atom is 0.223 e. The number of nitrogens with one attached hydrogen (secondary N) is 1. The molecule has 0 aliphatic carbocycles. The van der Waals surface area contributed by atoms with Crippen molar-refractivity contribution in [3.63, 3.8) is 0 Å². The Bertz CT molecular complexity index is 851. The number of nitrogens with zero attached hydrogens (tertiary/aromatic N) is 3. The maximum absolute atomic E-state index is 14.0. The Balaban J connectivity index is 1.94. The van der Waals surface area contributed by atoms with Crippen molar-refractivity contribution < 1.29 is 9.67 Å². The van der Waals surface area contributed by atoms with E-state index in [-0.39, 0.29) is 11.4 Å². The standard InChI is InChI=1S/C20H29N4O2P/c1-14-11-17(7-8-18(14)25)19(27(26)10-6-5-9-24(27)4)13-21-20-22-15(2)12-16(3)23-20/h7-8,11-12,19,25H,5-6,9-10,13H2,1-4H3,(H,21,22,23). The van der Waals surface area contributed by atoms with Crippen LogP contribution < -0.4 is 5.32 Å². The van der Waals surface area contributed by atoms with Gasteiger partial charge in [-0.2, -0.15) is 0 Å². The molecule has 3 rings (SSSR count). The molecule has 2 heterocycles. The molecule has 146 valence electrons. The molecule has 0 spiro atoms. The third-order valence-corrected chi connectivity index (χ3v) is 9.08. The number of aromatic nitrogens is 2. The minimum Gasteiger partial charge on any atom is -0.508 e. The van der Waals surface area contributed by atoms with Gasteiger partial charge in [-0.25, -0.2) is 9.97 Å². The molecule has 2 unspecified atom stereocenters. The molecule has 6 nitrogen and oxygen atoms in total. The van der Waals surface area contributed by atoms with Crippen LogP contribution in [0.3, 0.4) is 0 Å². The number of phenolic OH excluding ortho intramolecular Hbond substituents is 1. The molecule has 1 saturated heterocycles. The molecule has 27 heavy (non-hydrogen) atoms. The van der Waals surface area contributed by atoms with Crippen LogP contribution in [0, 0.1) is 20.8 Å². The van der Waals surface area contributed by atoms with E-state index in [4.69, 9.17) is 0 Å². The van der Waals surface area contributed by atoms with Crippen LogP contribution in [-0.4, -0.2) is 46.0 Å². The molecule has 1 fully saturated rings. The van der Waals surface area contributed by atoms with E-state index >= 15 is 0 Å². The van der Waals surface area contributed by atoms with Crippen LogP contribution in [0.5, 0.6) is 5.75 Å². The van der Waals surface area contributed by atoms with Gasteiger partial charge in [-0.05, 0) is 63.9 Å². The lowest BCUT2D eigenvalue weighted by Crippen LogP contribution is -2.29. The second-order valence-electron chi connectivity index (χ2n) is 7.48. The quantitative estimate of drug-likeness (QED) is 0.745. The van der Waals surface area contributed by atoms with E-state index in [0.29, 0.717) is 18.7 Å². The molecular weight excluding hydrogens is 359 g/mol. The van der Waals surface area contributed by atoms with Crippen molar-refractivity contribution in [1.29, 1.82) is 0 Å². The van der Waals surface area contributed by atoms with Crippen LogP contribution in [0.2, 0.25) is 0 Å². The van der Waals surface area contributed by atoms with Crippen molar-refractivity contribution in [1.82, 2.24) is 14.6 Å². The van der Waals surface area contributed by atoms with Crippen molar-refractivity contribution in [3.8, 4) is 5.75 Å². The van der Waals surface area contributed by atoms with E-state index in [9.17, 15) is 9.67 Å². The predicted octanol–water partition coefficient (Wildman–Crippen LogP) is 4.26. The van der Waals surface area contributed by atoms with Crippen molar-refractivity contribution >= 4 is 13.2 Å². The van der Waals surface area contributed by atoms with E-state index < -0.39 is 7.29 Å². The van der Waals surface area contributed by atoms with Gasteiger partial charge in [0.2, 0.25) is 5.95 Å². The van der Waals surface area contributed by atoms with E-state index in [1.165, 1.54) is 0 Å². The number of phenols is 1. The van der Waals surface area contributed by atoms with Gasteiger partial charge in [-0.1, -0.05) is 12.1 Å². The van der Waals surface area contributed by atoms with Crippen molar-refractivity contribution in [2.24, 2.45) is 0 Å². The zero-order chi connectivity index (χ0) is 19.6. The summed E-state index contributed by atoms with van der Waals surface area (Å²) in [5.74, 6) is 0.831. The van der Waals surface area contributed by atoms with Gasteiger partial charge in [0, 0.05) is 30.6 Å². The molecule has 1 aromatic carbocycles. The first kappa shape index (κ1) is 19.8. The Morgan fingerprint density at radius 2 is 1.89 bits per heavy atom. The minimum atomic E-state index is -2.60. The summed E-state index contributed by atoms with van der Waals surface area (Å²) >= 11 is 0. The number of aryl methyl sites for hydroxylation is 3. The van der Waals surface area contributed by atoms with E-state index in [1.54, 1.807) is 6.07 Å². The van der Waals surface area contributed by atoms with Gasteiger partial charge in [-0.3, -0.25) is 4.67 Å². The average molecular weight is 388 g/mol. The van der Waals surface area contributed by atoms with Crippen LogP contribution in [0.15, 0.2) is 24.3 Å². The fraction of sp³-hybridized carbons (Fsp3) is 0.500. The van der Waals surface area contributed by atoms with Gasteiger partial charge < -0.3 is 15.0 Å². The van der Waals surface area contributed by atoms with E-state index in [2.05, 4.69) is 15.3 Å².